The first-order chi connectivity index (χ1) is 13.0. The molecule has 2 aromatic heterocycles. The van der Waals surface area contributed by atoms with Crippen molar-refractivity contribution in [2.24, 2.45) is 0 Å². The Hall–Kier alpha value is -1.42. The molecule has 1 aromatic carbocycles. The molecule has 1 saturated heterocycles. The summed E-state index contributed by atoms with van der Waals surface area (Å²) in [4.78, 5) is 19.7. The summed E-state index contributed by atoms with van der Waals surface area (Å²) in [6.45, 7) is 0.741. The van der Waals surface area contributed by atoms with E-state index in [1.165, 1.54) is 23.1 Å². The van der Waals surface area contributed by atoms with Crippen LogP contribution in [-0.4, -0.2) is 48.8 Å². The standard InChI is InChI=1S/C18H18N2O3S4/c21-17(12-25-18-19-13-4-1-2-5-14(13)26-18)20-8-7-16(15-6-3-10-24-15)27(22,23)11-9-20/h1-6,10,16H,7-9,11-12H2. The number of thiazole rings is 1. The predicted molar refractivity (Wildman–Crippen MR) is 112 cm³/mol. The number of rotatable bonds is 4. The van der Waals surface area contributed by atoms with Crippen molar-refractivity contribution in [3.05, 3.63) is 46.7 Å². The number of hydrogen-bond donors (Lipinski definition) is 0. The van der Waals surface area contributed by atoms with Gasteiger partial charge < -0.3 is 4.90 Å². The van der Waals surface area contributed by atoms with E-state index in [-0.39, 0.29) is 24.0 Å². The van der Waals surface area contributed by atoms with Crippen LogP contribution in [0.1, 0.15) is 16.5 Å². The van der Waals surface area contributed by atoms with Gasteiger partial charge in [0.2, 0.25) is 5.91 Å². The lowest BCUT2D eigenvalue weighted by Gasteiger charge is -2.19. The Labute approximate surface area is 170 Å². The molecular weight excluding hydrogens is 420 g/mol. The number of amides is 1. The van der Waals surface area contributed by atoms with Crippen LogP contribution in [0.4, 0.5) is 0 Å². The smallest absolute Gasteiger partial charge is 0.233 e. The third-order valence-electron chi connectivity index (χ3n) is 4.55. The lowest BCUT2D eigenvalue weighted by Crippen LogP contribution is -2.34. The zero-order chi connectivity index (χ0) is 18.9. The second kappa shape index (κ2) is 7.90. The number of thiophene rings is 1. The van der Waals surface area contributed by atoms with E-state index >= 15 is 0 Å². The molecule has 1 amide bonds. The molecule has 5 nitrogen and oxygen atoms in total. The fraction of sp³-hybridized carbons (Fsp3) is 0.333. The van der Waals surface area contributed by atoms with Crippen LogP contribution in [0.3, 0.4) is 0 Å². The van der Waals surface area contributed by atoms with Gasteiger partial charge in [0.15, 0.2) is 14.2 Å². The van der Waals surface area contributed by atoms with Gasteiger partial charge in [-0.2, -0.15) is 0 Å². The van der Waals surface area contributed by atoms with Crippen molar-refractivity contribution in [3.63, 3.8) is 0 Å². The van der Waals surface area contributed by atoms with Gasteiger partial charge in [-0.3, -0.25) is 4.79 Å². The second-order valence-corrected chi connectivity index (χ2v) is 11.8. The number of hydrogen-bond acceptors (Lipinski definition) is 7. The summed E-state index contributed by atoms with van der Waals surface area (Å²) in [7, 11) is -3.23. The number of carbonyl (C=O) groups excluding carboxylic acids is 1. The van der Waals surface area contributed by atoms with Crippen LogP contribution in [0.2, 0.25) is 0 Å². The summed E-state index contributed by atoms with van der Waals surface area (Å²) in [5, 5.41) is 1.40. The van der Waals surface area contributed by atoms with Crippen LogP contribution in [0.25, 0.3) is 10.2 Å². The third kappa shape index (κ3) is 4.21. The van der Waals surface area contributed by atoms with Crippen LogP contribution >= 0.6 is 34.4 Å². The molecule has 9 heteroatoms. The maximum absolute atomic E-state index is 12.6. The number of benzene rings is 1. The van der Waals surface area contributed by atoms with Crippen molar-refractivity contribution in [2.45, 2.75) is 16.0 Å². The summed E-state index contributed by atoms with van der Waals surface area (Å²) in [5.74, 6) is 0.276. The van der Waals surface area contributed by atoms with E-state index in [4.69, 9.17) is 0 Å². The number of carbonyl (C=O) groups is 1. The molecule has 0 saturated carbocycles. The topological polar surface area (TPSA) is 67.3 Å². The summed E-state index contributed by atoms with van der Waals surface area (Å²) in [6, 6.07) is 11.6. The minimum absolute atomic E-state index is 0.0209. The largest absolute Gasteiger partial charge is 0.341 e. The maximum Gasteiger partial charge on any atom is 0.233 e. The van der Waals surface area contributed by atoms with Crippen LogP contribution < -0.4 is 0 Å². The average molecular weight is 439 g/mol. The number of nitrogens with zero attached hydrogens (tertiary/aromatic N) is 2. The first-order valence-corrected chi connectivity index (χ1v) is 12.9. The van der Waals surface area contributed by atoms with E-state index in [0.717, 1.165) is 19.4 Å². The number of sulfone groups is 1. The highest BCUT2D eigenvalue weighted by molar-refractivity contribution is 8.01. The van der Waals surface area contributed by atoms with Crippen molar-refractivity contribution in [3.8, 4) is 0 Å². The van der Waals surface area contributed by atoms with Crippen LogP contribution in [-0.2, 0) is 14.6 Å². The average Bonchev–Trinajstić information content (AvgIpc) is 3.28. The maximum atomic E-state index is 12.6. The highest BCUT2D eigenvalue weighted by Crippen LogP contribution is 2.33. The molecule has 0 spiro atoms. The van der Waals surface area contributed by atoms with E-state index in [1.807, 2.05) is 41.8 Å². The van der Waals surface area contributed by atoms with Crippen LogP contribution in [0.5, 0.6) is 0 Å². The zero-order valence-electron chi connectivity index (χ0n) is 14.4. The summed E-state index contributed by atoms with van der Waals surface area (Å²) < 4.78 is 27.2. The molecule has 1 aliphatic rings. The Kier molecular flexibility index (Phi) is 5.54. The monoisotopic (exact) mass is 438 g/mol. The summed E-state index contributed by atoms with van der Waals surface area (Å²) in [6.07, 6.45) is 0.459. The van der Waals surface area contributed by atoms with Gasteiger partial charge >= 0.3 is 0 Å². The Bertz CT molecular complexity index is 1010. The molecule has 0 bridgehead atoms. The van der Waals surface area contributed by atoms with Gasteiger partial charge in [0.1, 0.15) is 0 Å². The highest BCUT2D eigenvalue weighted by Gasteiger charge is 2.33. The van der Waals surface area contributed by atoms with Gasteiger partial charge in [0.05, 0.1) is 27.0 Å². The van der Waals surface area contributed by atoms with Crippen molar-refractivity contribution in [1.82, 2.24) is 9.88 Å². The number of para-hydroxylation sites is 1. The quantitative estimate of drug-likeness (QED) is 0.579. The Morgan fingerprint density at radius 3 is 2.85 bits per heavy atom. The summed E-state index contributed by atoms with van der Waals surface area (Å²) >= 11 is 4.46. The molecule has 0 N–H and O–H groups in total. The molecule has 142 valence electrons. The normalized spacial score (nSPS) is 19.9. The molecule has 3 aromatic rings. The highest BCUT2D eigenvalue weighted by atomic mass is 32.2. The lowest BCUT2D eigenvalue weighted by atomic mass is 10.2. The predicted octanol–water partition coefficient (Wildman–Crippen LogP) is 3.84. The van der Waals surface area contributed by atoms with Gasteiger partial charge in [-0.15, -0.1) is 22.7 Å². The van der Waals surface area contributed by atoms with E-state index < -0.39 is 15.1 Å². The molecule has 3 heterocycles. The van der Waals surface area contributed by atoms with Gasteiger partial charge in [0, 0.05) is 18.0 Å². The first-order valence-electron chi connectivity index (χ1n) is 8.54. The molecule has 4 rings (SSSR count). The molecule has 1 atom stereocenters. The molecule has 0 radical (unpaired) electrons. The van der Waals surface area contributed by atoms with E-state index in [9.17, 15) is 13.2 Å². The second-order valence-electron chi connectivity index (χ2n) is 6.28. The number of fused-ring (bicyclic) bond motifs is 1. The molecule has 27 heavy (non-hydrogen) atoms. The SMILES string of the molecule is O=C(CSc1nc2ccccc2s1)N1CCC(c2cccs2)S(=O)(=O)CC1. The fourth-order valence-electron chi connectivity index (χ4n) is 3.11. The van der Waals surface area contributed by atoms with Gasteiger partial charge in [-0.25, -0.2) is 13.4 Å². The minimum Gasteiger partial charge on any atom is -0.341 e. The van der Waals surface area contributed by atoms with Crippen molar-refractivity contribution in [2.75, 3.05) is 24.6 Å². The van der Waals surface area contributed by atoms with E-state index in [0.29, 0.717) is 13.0 Å². The Balaban J connectivity index is 1.40. The summed E-state index contributed by atoms with van der Waals surface area (Å²) in [5.41, 5.74) is 0.942. The Morgan fingerprint density at radius 1 is 1.22 bits per heavy atom. The number of aromatic nitrogens is 1. The molecular formula is C18H18N2O3S4. The van der Waals surface area contributed by atoms with Crippen LogP contribution in [0, 0.1) is 0 Å². The lowest BCUT2D eigenvalue weighted by molar-refractivity contribution is -0.128. The molecule has 0 aliphatic carbocycles. The van der Waals surface area contributed by atoms with Gasteiger partial charge in [0.25, 0.3) is 0 Å². The first kappa shape index (κ1) is 18.9. The van der Waals surface area contributed by atoms with Crippen LogP contribution in [0.15, 0.2) is 46.1 Å². The van der Waals surface area contributed by atoms with Crippen molar-refractivity contribution in [1.29, 1.82) is 0 Å². The van der Waals surface area contributed by atoms with E-state index in [1.54, 1.807) is 16.2 Å². The van der Waals surface area contributed by atoms with Crippen molar-refractivity contribution >= 4 is 60.4 Å². The third-order valence-corrected chi connectivity index (χ3v) is 9.95. The van der Waals surface area contributed by atoms with E-state index in [2.05, 4.69) is 4.98 Å². The molecule has 1 fully saturated rings. The van der Waals surface area contributed by atoms with Gasteiger partial charge in [-0.05, 0) is 30.0 Å². The van der Waals surface area contributed by atoms with Gasteiger partial charge in [-0.1, -0.05) is 30.0 Å². The Morgan fingerprint density at radius 2 is 2.07 bits per heavy atom. The molecule has 1 unspecified atom stereocenters. The minimum atomic E-state index is -3.23. The number of thioether (sulfide) groups is 1. The zero-order valence-corrected chi connectivity index (χ0v) is 17.7. The van der Waals surface area contributed by atoms with Crippen molar-refractivity contribution < 1.29 is 13.2 Å². The fourth-order valence-corrected chi connectivity index (χ4v) is 8.09. The molecule has 1 aliphatic heterocycles.